The van der Waals surface area contributed by atoms with E-state index in [0.717, 1.165) is 16.0 Å². The first-order valence-electron chi connectivity index (χ1n) is 7.46. The van der Waals surface area contributed by atoms with Crippen molar-refractivity contribution < 1.29 is 4.92 Å². The standard InChI is InChI=1S/C17H15N5O2S/c1-11-3-5-13(6-4-11)25-17-15(22(23)24)16(19-10-20-17)21-14-9-12(2)7-8-18-14/h3-10H,1-2H3,(H,18,19,20,21). The second kappa shape index (κ2) is 7.27. The first-order chi connectivity index (χ1) is 12.0. The summed E-state index contributed by atoms with van der Waals surface area (Å²) in [6, 6.07) is 11.3. The smallest absolute Gasteiger partial charge is 0.319 e. The Kier molecular flexibility index (Phi) is 4.90. The molecule has 0 radical (unpaired) electrons. The second-order valence-corrected chi connectivity index (χ2v) is 6.45. The summed E-state index contributed by atoms with van der Waals surface area (Å²) in [6.45, 7) is 3.90. The van der Waals surface area contributed by atoms with Crippen LogP contribution in [0.15, 0.2) is 58.8 Å². The Morgan fingerprint density at radius 3 is 2.48 bits per heavy atom. The number of anilines is 2. The molecular formula is C17H15N5O2S. The highest BCUT2D eigenvalue weighted by atomic mass is 32.2. The maximum absolute atomic E-state index is 11.6. The average Bonchev–Trinajstić information content (AvgIpc) is 2.57. The molecule has 1 N–H and O–H groups in total. The Morgan fingerprint density at radius 1 is 1.04 bits per heavy atom. The number of nitro groups is 1. The van der Waals surface area contributed by atoms with Crippen LogP contribution in [0.2, 0.25) is 0 Å². The van der Waals surface area contributed by atoms with Crippen LogP contribution in [0.3, 0.4) is 0 Å². The van der Waals surface area contributed by atoms with Crippen LogP contribution in [0, 0.1) is 24.0 Å². The van der Waals surface area contributed by atoms with Crippen molar-refractivity contribution in [3.05, 3.63) is 70.2 Å². The molecule has 3 aromatic rings. The third-order valence-corrected chi connectivity index (χ3v) is 4.37. The Balaban J connectivity index is 1.96. The molecule has 2 aromatic heterocycles. The van der Waals surface area contributed by atoms with Gasteiger partial charge >= 0.3 is 5.69 Å². The van der Waals surface area contributed by atoms with Gasteiger partial charge in [-0.05, 0) is 43.7 Å². The molecule has 0 saturated heterocycles. The van der Waals surface area contributed by atoms with Gasteiger partial charge in [0.25, 0.3) is 0 Å². The summed E-state index contributed by atoms with van der Waals surface area (Å²) in [5, 5.41) is 14.8. The topological polar surface area (TPSA) is 93.8 Å². The van der Waals surface area contributed by atoms with Crippen LogP contribution >= 0.6 is 11.8 Å². The number of nitrogens with one attached hydrogen (secondary N) is 1. The van der Waals surface area contributed by atoms with Crippen LogP contribution < -0.4 is 5.32 Å². The average molecular weight is 353 g/mol. The second-order valence-electron chi connectivity index (χ2n) is 5.39. The van der Waals surface area contributed by atoms with Gasteiger partial charge in [-0.3, -0.25) is 10.1 Å². The SMILES string of the molecule is Cc1ccc(Sc2ncnc(Nc3cc(C)ccn3)c2[N+](=O)[O-])cc1. The molecule has 0 amide bonds. The van der Waals surface area contributed by atoms with E-state index in [9.17, 15) is 10.1 Å². The highest BCUT2D eigenvalue weighted by molar-refractivity contribution is 7.99. The number of hydrogen-bond donors (Lipinski definition) is 1. The van der Waals surface area contributed by atoms with Crippen molar-refractivity contribution in [2.45, 2.75) is 23.8 Å². The van der Waals surface area contributed by atoms with Gasteiger partial charge in [-0.15, -0.1) is 0 Å². The first kappa shape index (κ1) is 16.8. The maximum atomic E-state index is 11.6. The monoisotopic (exact) mass is 353 g/mol. The zero-order valence-electron chi connectivity index (χ0n) is 13.6. The number of pyridine rings is 1. The van der Waals surface area contributed by atoms with E-state index in [1.807, 2.05) is 44.2 Å². The highest BCUT2D eigenvalue weighted by Crippen LogP contribution is 2.37. The van der Waals surface area contributed by atoms with Crippen molar-refractivity contribution in [1.82, 2.24) is 15.0 Å². The molecule has 0 fully saturated rings. The summed E-state index contributed by atoms with van der Waals surface area (Å²) in [5.74, 6) is 0.612. The number of aryl methyl sites for hydroxylation is 2. The molecule has 0 aliphatic rings. The molecule has 25 heavy (non-hydrogen) atoms. The summed E-state index contributed by atoms with van der Waals surface area (Å²) >= 11 is 1.23. The summed E-state index contributed by atoms with van der Waals surface area (Å²) in [7, 11) is 0. The number of aromatic nitrogens is 3. The Labute approximate surface area is 148 Å². The van der Waals surface area contributed by atoms with Gasteiger partial charge in [0.05, 0.1) is 4.92 Å². The highest BCUT2D eigenvalue weighted by Gasteiger charge is 2.24. The van der Waals surface area contributed by atoms with Crippen molar-refractivity contribution in [1.29, 1.82) is 0 Å². The largest absolute Gasteiger partial charge is 0.343 e. The molecule has 0 aliphatic heterocycles. The summed E-state index contributed by atoms with van der Waals surface area (Å²) in [6.07, 6.45) is 2.94. The van der Waals surface area contributed by atoms with E-state index in [2.05, 4.69) is 20.3 Å². The minimum Gasteiger partial charge on any atom is -0.319 e. The summed E-state index contributed by atoms with van der Waals surface area (Å²) < 4.78 is 0. The quantitative estimate of drug-likeness (QED) is 0.415. The van der Waals surface area contributed by atoms with Gasteiger partial charge in [0.1, 0.15) is 12.1 Å². The fourth-order valence-electron chi connectivity index (χ4n) is 2.14. The molecule has 0 spiro atoms. The van der Waals surface area contributed by atoms with Crippen LogP contribution in [-0.4, -0.2) is 19.9 Å². The van der Waals surface area contributed by atoms with Gasteiger partial charge in [0, 0.05) is 11.1 Å². The van der Waals surface area contributed by atoms with Crippen molar-refractivity contribution in [3.63, 3.8) is 0 Å². The van der Waals surface area contributed by atoms with Crippen molar-refractivity contribution in [3.8, 4) is 0 Å². The fourth-order valence-corrected chi connectivity index (χ4v) is 3.00. The Hall–Kier alpha value is -3.00. The van der Waals surface area contributed by atoms with Gasteiger partial charge in [0.15, 0.2) is 5.03 Å². The van der Waals surface area contributed by atoms with E-state index in [-0.39, 0.29) is 16.5 Å². The Morgan fingerprint density at radius 2 is 1.80 bits per heavy atom. The van der Waals surface area contributed by atoms with Crippen LogP contribution in [0.25, 0.3) is 0 Å². The van der Waals surface area contributed by atoms with E-state index in [1.165, 1.54) is 18.1 Å². The molecule has 0 aliphatic carbocycles. The van der Waals surface area contributed by atoms with Crippen molar-refractivity contribution >= 4 is 29.1 Å². The molecule has 7 nitrogen and oxygen atoms in total. The third-order valence-electron chi connectivity index (χ3n) is 3.37. The molecule has 2 heterocycles. The van der Waals surface area contributed by atoms with Gasteiger partial charge < -0.3 is 5.32 Å². The number of hydrogen-bond acceptors (Lipinski definition) is 7. The lowest BCUT2D eigenvalue weighted by Gasteiger charge is -2.08. The lowest BCUT2D eigenvalue weighted by molar-refractivity contribution is -0.387. The van der Waals surface area contributed by atoms with Crippen molar-refractivity contribution in [2.24, 2.45) is 0 Å². The van der Waals surface area contributed by atoms with Crippen LogP contribution in [0.5, 0.6) is 0 Å². The zero-order chi connectivity index (χ0) is 17.8. The van der Waals surface area contributed by atoms with Crippen LogP contribution in [0.1, 0.15) is 11.1 Å². The Bertz CT molecular complexity index is 915. The molecule has 3 rings (SSSR count). The molecule has 0 saturated carbocycles. The number of rotatable bonds is 5. The van der Waals surface area contributed by atoms with E-state index in [1.54, 1.807) is 12.3 Å². The lowest BCUT2D eigenvalue weighted by atomic mass is 10.2. The summed E-state index contributed by atoms with van der Waals surface area (Å²) in [5.41, 5.74) is 1.94. The van der Waals surface area contributed by atoms with Gasteiger partial charge in [0.2, 0.25) is 5.82 Å². The van der Waals surface area contributed by atoms with E-state index in [4.69, 9.17) is 0 Å². The first-order valence-corrected chi connectivity index (χ1v) is 8.28. The maximum Gasteiger partial charge on any atom is 0.343 e. The predicted octanol–water partition coefficient (Wildman–Crippen LogP) is 4.29. The van der Waals surface area contributed by atoms with Crippen LogP contribution in [0.4, 0.5) is 17.3 Å². The molecule has 0 bridgehead atoms. The molecule has 0 atom stereocenters. The third kappa shape index (κ3) is 4.10. The molecule has 0 unspecified atom stereocenters. The minimum absolute atomic E-state index is 0.118. The molecule has 8 heteroatoms. The number of nitrogens with zero attached hydrogens (tertiary/aromatic N) is 4. The normalized spacial score (nSPS) is 10.5. The zero-order valence-corrected chi connectivity index (χ0v) is 14.4. The summed E-state index contributed by atoms with van der Waals surface area (Å²) in [4.78, 5) is 24.3. The van der Waals surface area contributed by atoms with E-state index < -0.39 is 4.92 Å². The lowest BCUT2D eigenvalue weighted by Crippen LogP contribution is -2.03. The van der Waals surface area contributed by atoms with Gasteiger partial charge in [-0.2, -0.15) is 0 Å². The number of benzene rings is 1. The predicted molar refractivity (Wildman–Crippen MR) is 96.2 cm³/mol. The van der Waals surface area contributed by atoms with Gasteiger partial charge in [-0.1, -0.05) is 29.5 Å². The molecule has 126 valence electrons. The molecular weight excluding hydrogens is 338 g/mol. The fraction of sp³-hybridized carbons (Fsp3) is 0.118. The van der Waals surface area contributed by atoms with Gasteiger partial charge in [-0.25, -0.2) is 15.0 Å². The molecule has 1 aromatic carbocycles. The van der Waals surface area contributed by atoms with Crippen LogP contribution in [-0.2, 0) is 0 Å². The van der Waals surface area contributed by atoms with Crippen molar-refractivity contribution in [2.75, 3.05) is 5.32 Å². The minimum atomic E-state index is -0.478. The van der Waals surface area contributed by atoms with E-state index >= 15 is 0 Å². The van der Waals surface area contributed by atoms with E-state index in [0.29, 0.717) is 5.82 Å².